The van der Waals surface area contributed by atoms with Crippen molar-refractivity contribution in [1.82, 2.24) is 4.98 Å². The molecular weight excluding hydrogens is 439 g/mol. The Hall–Kier alpha value is -2.59. The monoisotopic (exact) mass is 469 g/mol. The van der Waals surface area contributed by atoms with Gasteiger partial charge in [0.2, 0.25) is 0 Å². The Labute approximate surface area is 186 Å². The molecule has 2 aromatic heterocycles. The van der Waals surface area contributed by atoms with Crippen molar-refractivity contribution >= 4 is 50.4 Å². The average molecular weight is 468 g/mol. The van der Waals surface area contributed by atoms with Gasteiger partial charge in [0.15, 0.2) is 0 Å². The molecule has 0 N–H and O–H groups in total. The zero-order valence-corrected chi connectivity index (χ0v) is 21.1. The van der Waals surface area contributed by atoms with Crippen LogP contribution in [0.1, 0.15) is 19.4 Å². The van der Waals surface area contributed by atoms with Gasteiger partial charge in [0.1, 0.15) is 0 Å². The summed E-state index contributed by atoms with van der Waals surface area (Å²) in [6, 6.07) is 22.1. The number of aromatic nitrogens is 1. The standard InChI is InChI=1S/C28H29GeNO/c1-18(2)14-20-16-21(15-19-8-6-7-9-23(19)20)27-28-25(12-13-30-27)24-11-10-22(29(3,4)5)17-26(24)31-28/h6-13,15-18H,14H2,1-5H3. The van der Waals surface area contributed by atoms with E-state index in [9.17, 15) is 0 Å². The summed E-state index contributed by atoms with van der Waals surface area (Å²) in [4.78, 5) is 4.79. The number of fused-ring (bicyclic) bond motifs is 4. The van der Waals surface area contributed by atoms with Crippen LogP contribution in [-0.4, -0.2) is 18.3 Å². The van der Waals surface area contributed by atoms with E-state index in [2.05, 4.69) is 91.8 Å². The normalized spacial score (nSPS) is 12.5. The molecule has 3 aromatic carbocycles. The van der Waals surface area contributed by atoms with Crippen LogP contribution in [0, 0.1) is 5.92 Å². The van der Waals surface area contributed by atoms with Crippen molar-refractivity contribution in [3.05, 3.63) is 72.4 Å². The Morgan fingerprint density at radius 3 is 2.45 bits per heavy atom. The van der Waals surface area contributed by atoms with E-state index in [1.807, 2.05) is 6.20 Å². The van der Waals surface area contributed by atoms with Crippen molar-refractivity contribution in [3.8, 4) is 11.3 Å². The molecule has 2 nitrogen and oxygen atoms in total. The topological polar surface area (TPSA) is 26.0 Å². The van der Waals surface area contributed by atoms with Gasteiger partial charge in [-0.05, 0) is 0 Å². The Morgan fingerprint density at radius 1 is 0.871 bits per heavy atom. The van der Waals surface area contributed by atoms with Crippen molar-refractivity contribution in [2.75, 3.05) is 0 Å². The first-order valence-corrected chi connectivity index (χ1v) is 18.5. The predicted molar refractivity (Wildman–Crippen MR) is 136 cm³/mol. The van der Waals surface area contributed by atoms with Crippen molar-refractivity contribution in [1.29, 1.82) is 0 Å². The first-order valence-electron chi connectivity index (χ1n) is 11.1. The minimum absolute atomic E-state index is 0.593. The summed E-state index contributed by atoms with van der Waals surface area (Å²) >= 11 is -1.93. The first-order chi connectivity index (χ1) is 14.8. The van der Waals surface area contributed by atoms with Gasteiger partial charge in [0, 0.05) is 0 Å². The fourth-order valence-corrected chi connectivity index (χ4v) is 6.92. The SMILES string of the molecule is CC(C)Cc1cc(-c2nccc3c2oc2c[c]([Ge]([CH3])([CH3])[CH3])ccc23)cc2ccccc12. The van der Waals surface area contributed by atoms with Gasteiger partial charge in [0.05, 0.1) is 0 Å². The second-order valence-electron chi connectivity index (χ2n) is 10.1. The number of pyridine rings is 1. The van der Waals surface area contributed by atoms with Crippen LogP contribution in [0.4, 0.5) is 0 Å². The maximum atomic E-state index is 6.47. The molecule has 0 bridgehead atoms. The van der Waals surface area contributed by atoms with Gasteiger partial charge in [-0.1, -0.05) is 0 Å². The van der Waals surface area contributed by atoms with Crippen LogP contribution in [0.2, 0.25) is 17.3 Å². The molecule has 0 radical (unpaired) electrons. The Bertz CT molecular complexity index is 1420. The average Bonchev–Trinajstić information content (AvgIpc) is 3.10. The molecule has 31 heavy (non-hydrogen) atoms. The van der Waals surface area contributed by atoms with Gasteiger partial charge < -0.3 is 0 Å². The summed E-state index contributed by atoms with van der Waals surface area (Å²) < 4.78 is 7.94. The van der Waals surface area contributed by atoms with E-state index in [4.69, 9.17) is 9.40 Å². The molecule has 0 aliphatic carbocycles. The molecule has 0 amide bonds. The van der Waals surface area contributed by atoms with Gasteiger partial charge >= 0.3 is 187 Å². The fraction of sp³-hybridized carbons (Fsp3) is 0.250. The van der Waals surface area contributed by atoms with E-state index in [1.165, 1.54) is 26.1 Å². The second-order valence-corrected chi connectivity index (χ2v) is 20.7. The van der Waals surface area contributed by atoms with Crippen LogP contribution in [0.15, 0.2) is 71.3 Å². The fourth-order valence-electron chi connectivity index (χ4n) is 4.51. The van der Waals surface area contributed by atoms with Crippen molar-refractivity contribution in [2.45, 2.75) is 37.5 Å². The molecule has 3 heteroatoms. The molecule has 0 aliphatic rings. The van der Waals surface area contributed by atoms with E-state index < -0.39 is 13.3 Å². The predicted octanol–water partition coefficient (Wildman–Crippen LogP) is 7.54. The molecule has 0 unspecified atom stereocenters. The van der Waals surface area contributed by atoms with Crippen LogP contribution >= 0.6 is 0 Å². The summed E-state index contributed by atoms with van der Waals surface area (Å²) in [5.41, 5.74) is 5.31. The third kappa shape index (κ3) is 3.67. The van der Waals surface area contributed by atoms with Crippen LogP contribution in [0.5, 0.6) is 0 Å². The number of furan rings is 1. The maximum absolute atomic E-state index is 6.47. The van der Waals surface area contributed by atoms with Crippen LogP contribution in [0.25, 0.3) is 44.0 Å². The Kier molecular flexibility index (Phi) is 4.93. The number of nitrogens with zero attached hydrogens (tertiary/aromatic N) is 1. The number of benzene rings is 3. The van der Waals surface area contributed by atoms with Crippen molar-refractivity contribution in [3.63, 3.8) is 0 Å². The zero-order valence-electron chi connectivity index (χ0n) is 19.0. The van der Waals surface area contributed by atoms with E-state index in [-0.39, 0.29) is 0 Å². The molecule has 5 aromatic rings. The van der Waals surface area contributed by atoms with E-state index >= 15 is 0 Å². The van der Waals surface area contributed by atoms with E-state index in [0.717, 1.165) is 34.2 Å². The van der Waals surface area contributed by atoms with Gasteiger partial charge in [-0.2, -0.15) is 0 Å². The van der Waals surface area contributed by atoms with Crippen LogP contribution in [-0.2, 0) is 6.42 Å². The van der Waals surface area contributed by atoms with Gasteiger partial charge in [-0.3, -0.25) is 0 Å². The summed E-state index contributed by atoms with van der Waals surface area (Å²) in [6.07, 6.45) is 2.96. The summed E-state index contributed by atoms with van der Waals surface area (Å²) in [6.45, 7) is 4.55. The molecular formula is C28H29GeNO. The summed E-state index contributed by atoms with van der Waals surface area (Å²) in [7, 11) is 0. The molecule has 0 aliphatic heterocycles. The van der Waals surface area contributed by atoms with E-state index in [1.54, 1.807) is 0 Å². The molecule has 0 fully saturated rings. The third-order valence-electron chi connectivity index (χ3n) is 6.10. The Balaban J connectivity index is 1.76. The second kappa shape index (κ2) is 7.52. The first kappa shape index (κ1) is 20.3. The van der Waals surface area contributed by atoms with Crippen molar-refractivity contribution < 1.29 is 4.42 Å². The van der Waals surface area contributed by atoms with Gasteiger partial charge in [-0.25, -0.2) is 0 Å². The summed E-state index contributed by atoms with van der Waals surface area (Å²) in [5, 5.41) is 4.91. The van der Waals surface area contributed by atoms with Crippen molar-refractivity contribution in [2.24, 2.45) is 5.92 Å². The molecule has 0 saturated heterocycles. The molecule has 0 atom stereocenters. The number of rotatable bonds is 4. The van der Waals surface area contributed by atoms with Gasteiger partial charge in [-0.15, -0.1) is 0 Å². The third-order valence-corrected chi connectivity index (χ3v) is 10.4. The minimum atomic E-state index is -1.93. The molecule has 156 valence electrons. The molecule has 0 saturated carbocycles. The summed E-state index contributed by atoms with van der Waals surface area (Å²) in [5.74, 6) is 7.85. The number of hydrogen-bond donors (Lipinski definition) is 0. The van der Waals surface area contributed by atoms with Crippen LogP contribution in [0.3, 0.4) is 0 Å². The van der Waals surface area contributed by atoms with Crippen LogP contribution < -0.4 is 4.40 Å². The molecule has 0 spiro atoms. The quantitative estimate of drug-likeness (QED) is 0.255. The number of hydrogen-bond acceptors (Lipinski definition) is 2. The molecule has 2 heterocycles. The zero-order chi connectivity index (χ0) is 21.8. The van der Waals surface area contributed by atoms with E-state index in [0.29, 0.717) is 5.92 Å². The Morgan fingerprint density at radius 2 is 1.68 bits per heavy atom. The molecule has 5 rings (SSSR count). The van der Waals surface area contributed by atoms with Gasteiger partial charge in [0.25, 0.3) is 0 Å².